The molecule has 0 aliphatic carbocycles. The van der Waals surface area contributed by atoms with Gasteiger partial charge in [0.25, 0.3) is 0 Å². The van der Waals surface area contributed by atoms with Crippen LogP contribution in [0.5, 0.6) is 0 Å². The molecule has 1 heterocycles. The van der Waals surface area contributed by atoms with E-state index in [-0.39, 0.29) is 23.8 Å². The first-order chi connectivity index (χ1) is 8.66. The molecule has 1 aliphatic heterocycles. The topological polar surface area (TPSA) is 58.2 Å². The fraction of sp³-hybridized carbons (Fsp3) is 0.429. The number of hydrogen-bond acceptors (Lipinski definition) is 2. The predicted octanol–water partition coefficient (Wildman–Crippen LogP) is 1.18. The average molecular weight is 246 g/mol. The van der Waals surface area contributed by atoms with Crippen molar-refractivity contribution in [1.82, 2.24) is 10.6 Å². The van der Waals surface area contributed by atoms with E-state index in [1.165, 1.54) is 5.56 Å². The van der Waals surface area contributed by atoms with Gasteiger partial charge < -0.3 is 10.6 Å². The van der Waals surface area contributed by atoms with Gasteiger partial charge in [0.1, 0.15) is 6.04 Å². The number of nitrogens with one attached hydrogen (secondary N) is 2. The molecule has 0 radical (unpaired) electrons. The van der Waals surface area contributed by atoms with Gasteiger partial charge >= 0.3 is 0 Å². The second kappa shape index (κ2) is 5.67. The van der Waals surface area contributed by atoms with Gasteiger partial charge in [0, 0.05) is 13.0 Å². The van der Waals surface area contributed by atoms with Crippen molar-refractivity contribution in [2.24, 2.45) is 0 Å². The number of amides is 2. The number of carbonyl (C=O) groups excluding carboxylic acids is 2. The lowest BCUT2D eigenvalue weighted by molar-refractivity contribution is -0.125. The Labute approximate surface area is 107 Å². The summed E-state index contributed by atoms with van der Waals surface area (Å²) in [7, 11) is 0. The van der Waals surface area contributed by atoms with E-state index in [1.54, 1.807) is 0 Å². The fourth-order valence-corrected chi connectivity index (χ4v) is 2.09. The van der Waals surface area contributed by atoms with Crippen LogP contribution < -0.4 is 10.6 Å². The maximum Gasteiger partial charge on any atom is 0.242 e. The molecule has 2 N–H and O–H groups in total. The highest BCUT2D eigenvalue weighted by Gasteiger charge is 2.26. The van der Waals surface area contributed by atoms with Gasteiger partial charge in [-0.1, -0.05) is 37.3 Å². The number of rotatable bonds is 4. The van der Waals surface area contributed by atoms with E-state index in [2.05, 4.69) is 17.6 Å². The molecule has 0 unspecified atom stereocenters. The van der Waals surface area contributed by atoms with Crippen molar-refractivity contribution in [3.8, 4) is 0 Å². The van der Waals surface area contributed by atoms with Crippen molar-refractivity contribution < 1.29 is 9.59 Å². The summed E-state index contributed by atoms with van der Waals surface area (Å²) >= 11 is 0. The normalized spacial score (nSPS) is 20.3. The van der Waals surface area contributed by atoms with Crippen molar-refractivity contribution in [1.29, 1.82) is 0 Å². The third-order valence-electron chi connectivity index (χ3n) is 3.26. The third kappa shape index (κ3) is 3.09. The lowest BCUT2D eigenvalue weighted by Gasteiger charge is -2.15. The zero-order chi connectivity index (χ0) is 13.0. The van der Waals surface area contributed by atoms with Crippen molar-refractivity contribution in [3.63, 3.8) is 0 Å². The van der Waals surface area contributed by atoms with Crippen molar-refractivity contribution >= 4 is 11.8 Å². The summed E-state index contributed by atoms with van der Waals surface area (Å²) in [4.78, 5) is 22.8. The lowest BCUT2D eigenvalue weighted by atomic mass is 10.0. The molecule has 4 heteroatoms. The number of benzene rings is 1. The van der Waals surface area contributed by atoms with E-state index in [4.69, 9.17) is 0 Å². The molecule has 2 atom stereocenters. The highest BCUT2D eigenvalue weighted by atomic mass is 16.2. The molecule has 1 aromatic carbocycles. The molecule has 0 bridgehead atoms. The summed E-state index contributed by atoms with van der Waals surface area (Å²) in [6, 6.07) is 9.71. The fourth-order valence-electron chi connectivity index (χ4n) is 2.09. The maximum absolute atomic E-state index is 11.8. The summed E-state index contributed by atoms with van der Waals surface area (Å²) in [6.45, 7) is 2.66. The Hall–Kier alpha value is -1.84. The maximum atomic E-state index is 11.8. The molecule has 1 aliphatic rings. The van der Waals surface area contributed by atoms with Crippen LogP contribution in [-0.4, -0.2) is 24.4 Å². The van der Waals surface area contributed by atoms with Crippen LogP contribution in [0.1, 0.15) is 31.2 Å². The molecule has 4 nitrogen and oxygen atoms in total. The Morgan fingerprint density at radius 2 is 2.17 bits per heavy atom. The van der Waals surface area contributed by atoms with Crippen molar-refractivity contribution in [3.05, 3.63) is 35.9 Å². The van der Waals surface area contributed by atoms with Gasteiger partial charge in [-0.2, -0.15) is 0 Å². The Bertz CT molecular complexity index is 431. The summed E-state index contributed by atoms with van der Waals surface area (Å²) in [6.07, 6.45) is 1.05. The molecule has 0 spiro atoms. The molecule has 18 heavy (non-hydrogen) atoms. The highest BCUT2D eigenvalue weighted by Crippen LogP contribution is 2.13. The van der Waals surface area contributed by atoms with E-state index in [0.717, 1.165) is 0 Å². The van der Waals surface area contributed by atoms with Gasteiger partial charge in [0.15, 0.2) is 0 Å². The SMILES string of the molecule is C[C@@H](CNC(=O)[C@@H]1CCC(=O)N1)c1ccccc1. The predicted molar refractivity (Wildman–Crippen MR) is 69.0 cm³/mol. The number of hydrogen-bond donors (Lipinski definition) is 2. The van der Waals surface area contributed by atoms with Crippen LogP contribution in [0.15, 0.2) is 30.3 Å². The monoisotopic (exact) mass is 246 g/mol. The van der Waals surface area contributed by atoms with E-state index in [9.17, 15) is 9.59 Å². The van der Waals surface area contributed by atoms with Gasteiger partial charge in [-0.25, -0.2) is 0 Å². The second-order valence-electron chi connectivity index (χ2n) is 4.72. The van der Waals surface area contributed by atoms with E-state index < -0.39 is 0 Å². The largest absolute Gasteiger partial charge is 0.354 e. The zero-order valence-corrected chi connectivity index (χ0v) is 10.5. The van der Waals surface area contributed by atoms with Gasteiger partial charge in [-0.05, 0) is 17.9 Å². The third-order valence-corrected chi connectivity index (χ3v) is 3.26. The molecule has 1 saturated heterocycles. The quantitative estimate of drug-likeness (QED) is 0.838. The first-order valence-corrected chi connectivity index (χ1v) is 6.29. The lowest BCUT2D eigenvalue weighted by Crippen LogP contribution is -2.42. The van der Waals surface area contributed by atoms with Gasteiger partial charge in [0.2, 0.25) is 11.8 Å². The van der Waals surface area contributed by atoms with Gasteiger partial charge in [0.05, 0.1) is 0 Å². The van der Waals surface area contributed by atoms with Crippen LogP contribution in [0.3, 0.4) is 0 Å². The Balaban J connectivity index is 1.81. The van der Waals surface area contributed by atoms with Gasteiger partial charge in [-0.3, -0.25) is 9.59 Å². The molecule has 96 valence electrons. The molecular formula is C14H18N2O2. The second-order valence-corrected chi connectivity index (χ2v) is 4.72. The number of carbonyl (C=O) groups is 2. The van der Waals surface area contributed by atoms with Crippen LogP contribution in [-0.2, 0) is 9.59 Å². The van der Waals surface area contributed by atoms with Crippen LogP contribution in [0.4, 0.5) is 0 Å². The molecule has 2 amide bonds. The summed E-state index contributed by atoms with van der Waals surface area (Å²) in [5, 5.41) is 5.56. The average Bonchev–Trinajstić information content (AvgIpc) is 2.83. The summed E-state index contributed by atoms with van der Waals surface area (Å²) < 4.78 is 0. The molecule has 2 rings (SSSR count). The summed E-state index contributed by atoms with van der Waals surface area (Å²) in [5.41, 5.74) is 1.20. The Kier molecular flexibility index (Phi) is 3.97. The highest BCUT2D eigenvalue weighted by molar-refractivity contribution is 5.90. The standard InChI is InChI=1S/C14H18N2O2/c1-10(11-5-3-2-4-6-11)9-15-14(18)12-7-8-13(17)16-12/h2-6,10,12H,7-9H2,1H3,(H,15,18)(H,16,17)/t10-,12-/m0/s1. The Morgan fingerprint density at radius 1 is 1.44 bits per heavy atom. The van der Waals surface area contributed by atoms with Crippen molar-refractivity contribution in [2.75, 3.05) is 6.54 Å². The first kappa shape index (κ1) is 12.6. The molecule has 1 fully saturated rings. The minimum Gasteiger partial charge on any atom is -0.354 e. The minimum absolute atomic E-state index is 0.0359. The first-order valence-electron chi connectivity index (χ1n) is 6.29. The Morgan fingerprint density at radius 3 is 2.78 bits per heavy atom. The smallest absolute Gasteiger partial charge is 0.242 e. The van der Waals surface area contributed by atoms with Crippen LogP contribution in [0.2, 0.25) is 0 Å². The van der Waals surface area contributed by atoms with E-state index in [0.29, 0.717) is 19.4 Å². The molecule has 1 aromatic rings. The van der Waals surface area contributed by atoms with Crippen LogP contribution in [0, 0.1) is 0 Å². The minimum atomic E-state index is -0.347. The molecule has 0 saturated carbocycles. The van der Waals surface area contributed by atoms with Crippen molar-refractivity contribution in [2.45, 2.75) is 31.7 Å². The van der Waals surface area contributed by atoms with E-state index >= 15 is 0 Å². The van der Waals surface area contributed by atoms with Crippen LogP contribution in [0.25, 0.3) is 0 Å². The summed E-state index contributed by atoms with van der Waals surface area (Å²) in [5.74, 6) is 0.155. The molecule has 0 aromatic heterocycles. The molecular weight excluding hydrogens is 228 g/mol. The van der Waals surface area contributed by atoms with Gasteiger partial charge in [-0.15, -0.1) is 0 Å². The zero-order valence-electron chi connectivity index (χ0n) is 10.5. The van der Waals surface area contributed by atoms with Crippen LogP contribution >= 0.6 is 0 Å². The van der Waals surface area contributed by atoms with E-state index in [1.807, 2.05) is 30.3 Å².